The predicted molar refractivity (Wildman–Crippen MR) is 136 cm³/mol. The van der Waals surface area contributed by atoms with E-state index in [-0.39, 0.29) is 12.5 Å². The van der Waals surface area contributed by atoms with Gasteiger partial charge in [-0.15, -0.1) is 0 Å². The van der Waals surface area contributed by atoms with Crippen molar-refractivity contribution >= 4 is 40.2 Å². The molecule has 2 aliphatic heterocycles. The van der Waals surface area contributed by atoms with Gasteiger partial charge >= 0.3 is 6.09 Å². The largest absolute Gasteiger partial charge is 0.438 e. The number of carbonyl (C=O) groups excluding carboxylic acids is 2. The summed E-state index contributed by atoms with van der Waals surface area (Å²) < 4.78 is 35.1. The Hall–Kier alpha value is -3.91. The lowest BCUT2D eigenvalue weighted by molar-refractivity contribution is -0.0331. The number of para-hydroxylation sites is 1. The molecule has 3 aromatic carbocycles. The number of halogens is 3. The Kier molecular flexibility index (Phi) is 5.64. The number of hydrogen-bond acceptors (Lipinski definition) is 3. The summed E-state index contributed by atoms with van der Waals surface area (Å²) >= 11 is 6.24. The number of fused-ring (bicyclic) bond motifs is 3. The van der Waals surface area contributed by atoms with Crippen molar-refractivity contribution in [3.05, 3.63) is 100 Å². The lowest BCUT2D eigenvalue weighted by Crippen LogP contribution is -2.49. The Morgan fingerprint density at radius 2 is 1.76 bits per heavy atom. The second kappa shape index (κ2) is 8.88. The van der Waals surface area contributed by atoms with Crippen molar-refractivity contribution in [2.45, 2.75) is 25.0 Å². The highest BCUT2D eigenvalue weighted by atomic mass is 35.5. The van der Waals surface area contributed by atoms with Crippen molar-refractivity contribution in [3.63, 3.8) is 0 Å². The summed E-state index contributed by atoms with van der Waals surface area (Å²) in [5.41, 5.74) is 2.46. The Morgan fingerprint density at radius 1 is 1.03 bits per heavy atom. The monoisotopic (exact) mass is 521 g/mol. The summed E-state index contributed by atoms with van der Waals surface area (Å²) in [6.07, 6.45) is 2.15. The number of aromatic nitrogens is 1. The second-order valence-electron chi connectivity index (χ2n) is 9.46. The Bertz CT molecular complexity index is 1540. The van der Waals surface area contributed by atoms with Crippen LogP contribution in [0, 0.1) is 11.6 Å². The molecule has 1 fully saturated rings. The summed E-state index contributed by atoms with van der Waals surface area (Å²) in [6, 6.07) is 16.1. The lowest BCUT2D eigenvalue weighted by atomic mass is 9.82. The van der Waals surface area contributed by atoms with Gasteiger partial charge in [-0.05, 0) is 35.9 Å². The maximum Gasteiger partial charge on any atom is 0.412 e. The van der Waals surface area contributed by atoms with Crippen molar-refractivity contribution in [2.75, 3.05) is 18.4 Å². The van der Waals surface area contributed by atoms with Gasteiger partial charge in [-0.3, -0.25) is 10.1 Å². The van der Waals surface area contributed by atoms with E-state index in [2.05, 4.69) is 5.32 Å². The fraction of sp³-hybridized carbons (Fsp3) is 0.214. The van der Waals surface area contributed by atoms with E-state index in [1.165, 1.54) is 12.1 Å². The number of rotatable bonds is 3. The molecule has 2 amide bonds. The minimum atomic E-state index is -0.779. The second-order valence-corrected chi connectivity index (χ2v) is 9.89. The van der Waals surface area contributed by atoms with E-state index < -0.39 is 23.3 Å². The maximum absolute atomic E-state index is 13.8. The van der Waals surface area contributed by atoms with Gasteiger partial charge in [0.2, 0.25) is 0 Å². The van der Waals surface area contributed by atoms with E-state index in [1.807, 2.05) is 24.3 Å². The summed E-state index contributed by atoms with van der Waals surface area (Å²) in [6.45, 7) is 0.966. The molecule has 6 rings (SSSR count). The summed E-state index contributed by atoms with van der Waals surface area (Å²) in [5, 5.41) is 3.93. The van der Waals surface area contributed by atoms with E-state index in [0.717, 1.165) is 17.3 Å². The molecule has 1 saturated heterocycles. The third-order valence-corrected chi connectivity index (χ3v) is 7.39. The molecule has 0 radical (unpaired) electrons. The number of carbonyl (C=O) groups is 2. The fourth-order valence-electron chi connectivity index (χ4n) is 5.44. The number of nitrogens with one attached hydrogen (secondary N) is 1. The van der Waals surface area contributed by atoms with Gasteiger partial charge in [0, 0.05) is 60.7 Å². The molecule has 6 nitrogen and oxygen atoms in total. The van der Waals surface area contributed by atoms with Crippen LogP contribution < -0.4 is 5.32 Å². The summed E-state index contributed by atoms with van der Waals surface area (Å²) in [4.78, 5) is 27.7. The number of piperidine rings is 1. The molecule has 3 heterocycles. The zero-order chi connectivity index (χ0) is 25.7. The Morgan fingerprint density at radius 3 is 2.51 bits per heavy atom. The van der Waals surface area contributed by atoms with Crippen molar-refractivity contribution in [3.8, 4) is 0 Å². The normalized spacial score (nSPS) is 16.4. The van der Waals surface area contributed by atoms with Crippen LogP contribution >= 0.6 is 11.6 Å². The first-order valence-electron chi connectivity index (χ1n) is 11.9. The van der Waals surface area contributed by atoms with Crippen LogP contribution in [0.2, 0.25) is 5.02 Å². The molecule has 4 aromatic rings. The zero-order valence-electron chi connectivity index (χ0n) is 19.6. The van der Waals surface area contributed by atoms with Crippen LogP contribution in [0.5, 0.6) is 0 Å². The zero-order valence-corrected chi connectivity index (χ0v) is 20.4. The number of likely N-dealkylation sites (tertiary alicyclic amines) is 1. The van der Waals surface area contributed by atoms with E-state index in [0.29, 0.717) is 53.0 Å². The van der Waals surface area contributed by atoms with Gasteiger partial charge in [0.25, 0.3) is 5.91 Å². The minimum absolute atomic E-state index is 0.167. The first-order valence-corrected chi connectivity index (χ1v) is 12.3. The topological polar surface area (TPSA) is 63.6 Å². The van der Waals surface area contributed by atoms with Gasteiger partial charge in [-0.2, -0.15) is 0 Å². The molecule has 0 aliphatic carbocycles. The summed E-state index contributed by atoms with van der Waals surface area (Å²) in [7, 11) is 0. The first-order chi connectivity index (χ1) is 17.8. The number of amides is 2. The Balaban J connectivity index is 1.29. The van der Waals surface area contributed by atoms with Gasteiger partial charge in [0.05, 0.1) is 16.8 Å². The van der Waals surface area contributed by atoms with Crippen molar-refractivity contribution in [1.29, 1.82) is 0 Å². The van der Waals surface area contributed by atoms with E-state index >= 15 is 0 Å². The van der Waals surface area contributed by atoms with Gasteiger partial charge in [-0.25, -0.2) is 13.6 Å². The van der Waals surface area contributed by atoms with Crippen molar-refractivity contribution < 1.29 is 23.1 Å². The highest BCUT2D eigenvalue weighted by Gasteiger charge is 2.45. The Labute approximate surface area is 216 Å². The van der Waals surface area contributed by atoms with Crippen molar-refractivity contribution in [1.82, 2.24) is 9.47 Å². The van der Waals surface area contributed by atoms with Crippen LogP contribution in [0.1, 0.15) is 34.3 Å². The molecule has 9 heteroatoms. The molecular formula is C28H22ClF2N3O3. The third-order valence-electron chi connectivity index (χ3n) is 7.15. The van der Waals surface area contributed by atoms with Crippen LogP contribution in [0.3, 0.4) is 0 Å². The first kappa shape index (κ1) is 23.5. The molecule has 0 saturated carbocycles. The van der Waals surface area contributed by atoms with Gasteiger partial charge < -0.3 is 14.2 Å². The number of hydrogen-bond donors (Lipinski definition) is 1. The highest BCUT2D eigenvalue weighted by Crippen LogP contribution is 2.43. The average Bonchev–Trinajstić information content (AvgIpc) is 3.20. The number of anilines is 1. The molecule has 0 bridgehead atoms. The molecule has 0 unspecified atom stereocenters. The van der Waals surface area contributed by atoms with Crippen LogP contribution in [0.4, 0.5) is 19.3 Å². The number of ether oxygens (including phenoxy) is 1. The van der Waals surface area contributed by atoms with Crippen LogP contribution in [-0.4, -0.2) is 34.6 Å². The molecule has 37 heavy (non-hydrogen) atoms. The third kappa shape index (κ3) is 4.21. The van der Waals surface area contributed by atoms with E-state index in [4.69, 9.17) is 16.3 Å². The van der Waals surface area contributed by atoms with Crippen molar-refractivity contribution in [2.24, 2.45) is 0 Å². The number of nitrogens with zero attached hydrogens (tertiary/aromatic N) is 2. The maximum atomic E-state index is 13.8. The lowest BCUT2D eigenvalue weighted by Gasteiger charge is -2.44. The predicted octanol–water partition coefficient (Wildman–Crippen LogP) is 6.31. The van der Waals surface area contributed by atoms with Gasteiger partial charge in [0.1, 0.15) is 17.2 Å². The van der Waals surface area contributed by atoms with Crippen LogP contribution in [-0.2, 0) is 16.9 Å². The molecule has 1 aromatic heterocycles. The van der Waals surface area contributed by atoms with Crippen LogP contribution in [0.15, 0.2) is 66.9 Å². The average molecular weight is 522 g/mol. The molecular weight excluding hydrogens is 500 g/mol. The SMILES string of the molecule is O=C1Nc2ccccc2C2(CCN(C(=O)c3cn(Cc4cc(F)cc(F)c4)c4cc(Cl)ccc34)CC2)O1. The molecule has 1 N–H and O–H groups in total. The molecule has 2 aliphatic rings. The molecule has 188 valence electrons. The minimum Gasteiger partial charge on any atom is -0.438 e. The standard InChI is InChI=1S/C28H22ClF2N3O3/c29-18-5-6-21-22(16-34(25(21)13-18)15-17-11-19(30)14-20(31)12-17)26(35)33-9-7-28(8-10-33)23-3-1-2-4-24(23)32-27(36)37-28/h1-6,11-14,16H,7-10,15H2,(H,32,36). The van der Waals surface area contributed by atoms with Gasteiger partial charge in [-0.1, -0.05) is 35.9 Å². The fourth-order valence-corrected chi connectivity index (χ4v) is 5.60. The van der Waals surface area contributed by atoms with E-state index in [9.17, 15) is 18.4 Å². The highest BCUT2D eigenvalue weighted by molar-refractivity contribution is 6.31. The quantitative estimate of drug-likeness (QED) is 0.343. The smallest absolute Gasteiger partial charge is 0.412 e. The van der Waals surface area contributed by atoms with E-state index in [1.54, 1.807) is 33.9 Å². The number of benzene rings is 3. The molecule has 0 atom stereocenters. The summed E-state index contributed by atoms with van der Waals surface area (Å²) in [5.74, 6) is -1.49. The van der Waals surface area contributed by atoms with Gasteiger partial charge in [0.15, 0.2) is 0 Å². The molecule has 1 spiro atoms. The van der Waals surface area contributed by atoms with Crippen LogP contribution in [0.25, 0.3) is 10.9 Å².